The summed E-state index contributed by atoms with van der Waals surface area (Å²) in [5.41, 5.74) is 3.57. The number of aromatic nitrogens is 1. The maximum Gasteiger partial charge on any atom is 0.271 e. The van der Waals surface area contributed by atoms with Gasteiger partial charge in [0.1, 0.15) is 0 Å². The molecular weight excluding hydrogens is 456 g/mol. The van der Waals surface area contributed by atoms with Crippen LogP contribution in [0.3, 0.4) is 0 Å². The Morgan fingerprint density at radius 3 is 2.36 bits per heavy atom. The molecular formula is C28H26N4O4. The van der Waals surface area contributed by atoms with Crippen molar-refractivity contribution in [1.29, 1.82) is 0 Å². The largest absolute Gasteiger partial charge is 0.494 e. The van der Waals surface area contributed by atoms with E-state index in [4.69, 9.17) is 4.99 Å². The Hall–Kier alpha value is -4.30. The number of likely N-dealkylation sites (tertiary alicyclic amines) is 1. The van der Waals surface area contributed by atoms with Crippen LogP contribution in [-0.4, -0.2) is 44.2 Å². The van der Waals surface area contributed by atoms with Crippen LogP contribution in [0.5, 0.6) is 5.88 Å². The fourth-order valence-corrected chi connectivity index (χ4v) is 4.79. The Labute approximate surface area is 208 Å². The minimum atomic E-state index is -0.524. The van der Waals surface area contributed by atoms with Gasteiger partial charge in [0, 0.05) is 36.6 Å². The van der Waals surface area contributed by atoms with Crippen molar-refractivity contribution in [2.75, 3.05) is 13.1 Å². The minimum absolute atomic E-state index is 0.166. The summed E-state index contributed by atoms with van der Waals surface area (Å²) in [6, 6.07) is 21.6. The molecule has 0 atom stereocenters. The summed E-state index contributed by atoms with van der Waals surface area (Å²) in [5.74, 6) is -0.755. The predicted octanol–water partition coefficient (Wildman–Crippen LogP) is 5.68. The number of hydrogen-bond acceptors (Lipinski definition) is 6. The maximum atomic E-state index is 12.5. The molecule has 1 aliphatic rings. The summed E-state index contributed by atoms with van der Waals surface area (Å²) in [6.45, 7) is 4.45. The molecule has 0 bridgehead atoms. The van der Waals surface area contributed by atoms with Crippen molar-refractivity contribution < 1.29 is 14.8 Å². The molecule has 1 saturated heterocycles. The van der Waals surface area contributed by atoms with Gasteiger partial charge in [-0.15, -0.1) is 0 Å². The number of carbonyl (C=O) groups excluding carboxylic acids is 1. The molecule has 182 valence electrons. The van der Waals surface area contributed by atoms with Gasteiger partial charge < -0.3 is 5.11 Å². The molecule has 1 fully saturated rings. The number of benzene rings is 3. The van der Waals surface area contributed by atoms with Gasteiger partial charge in [-0.3, -0.25) is 19.8 Å². The summed E-state index contributed by atoms with van der Waals surface area (Å²) < 4.78 is 1.09. The Morgan fingerprint density at radius 2 is 1.72 bits per heavy atom. The monoisotopic (exact) mass is 482 g/mol. The van der Waals surface area contributed by atoms with Gasteiger partial charge in [0.05, 0.1) is 27.4 Å². The number of rotatable bonds is 6. The quantitative estimate of drug-likeness (QED) is 0.216. The molecule has 0 unspecified atom stereocenters. The molecule has 0 spiro atoms. The fourth-order valence-electron chi connectivity index (χ4n) is 4.79. The van der Waals surface area contributed by atoms with Crippen LogP contribution in [0.25, 0.3) is 10.9 Å². The lowest BCUT2D eigenvalue weighted by molar-refractivity contribution is -0.384. The summed E-state index contributed by atoms with van der Waals surface area (Å²) in [7, 11) is 0. The topological polar surface area (TPSA) is 101 Å². The van der Waals surface area contributed by atoms with Crippen LogP contribution in [0.2, 0.25) is 0 Å². The normalized spacial score (nSPS) is 14.4. The van der Waals surface area contributed by atoms with Crippen LogP contribution >= 0.6 is 0 Å². The van der Waals surface area contributed by atoms with Crippen LogP contribution in [0.4, 0.5) is 11.4 Å². The molecule has 8 nitrogen and oxygen atoms in total. The Kier molecular flexibility index (Phi) is 6.35. The van der Waals surface area contributed by atoms with Crippen molar-refractivity contribution >= 4 is 33.9 Å². The second-order valence-corrected chi connectivity index (χ2v) is 8.99. The molecule has 5 rings (SSSR count). The SMILES string of the molecule is CC(=O)n1c(O)c(C(=Nc2ccc(CN3CCCC3)cc2)c2ccccc2)c2ccc([N+](=O)[O-])cc21. The van der Waals surface area contributed by atoms with E-state index in [0.717, 1.165) is 29.8 Å². The minimum Gasteiger partial charge on any atom is -0.494 e. The highest BCUT2D eigenvalue weighted by Gasteiger charge is 2.25. The average Bonchev–Trinajstić information content (AvgIpc) is 3.49. The first-order valence-corrected chi connectivity index (χ1v) is 11.9. The summed E-state index contributed by atoms with van der Waals surface area (Å²) in [6.07, 6.45) is 2.48. The van der Waals surface area contributed by atoms with Crippen molar-refractivity contribution in [3.8, 4) is 5.88 Å². The predicted molar refractivity (Wildman–Crippen MR) is 139 cm³/mol. The molecule has 1 aliphatic heterocycles. The van der Waals surface area contributed by atoms with Gasteiger partial charge in [-0.1, -0.05) is 42.5 Å². The fraction of sp³-hybridized carbons (Fsp3) is 0.214. The van der Waals surface area contributed by atoms with Gasteiger partial charge in [-0.2, -0.15) is 0 Å². The molecule has 4 aromatic rings. The highest BCUT2D eigenvalue weighted by atomic mass is 16.6. The van der Waals surface area contributed by atoms with Crippen LogP contribution < -0.4 is 0 Å². The Bertz CT molecular complexity index is 1470. The third kappa shape index (κ3) is 4.50. The molecule has 3 aromatic carbocycles. The number of non-ortho nitro benzene ring substituents is 1. The standard InChI is InChI=1S/C28H26N4O4/c1-19(33)31-25-17-23(32(35)36)13-14-24(25)26(28(31)34)27(21-7-3-2-4-8-21)29-22-11-9-20(10-12-22)18-30-15-5-6-16-30/h2-4,7-14,17,34H,5-6,15-16,18H2,1H3. The Balaban J connectivity index is 1.65. The van der Waals surface area contributed by atoms with E-state index in [1.165, 1.54) is 37.5 Å². The zero-order chi connectivity index (χ0) is 25.2. The smallest absolute Gasteiger partial charge is 0.271 e. The zero-order valence-electron chi connectivity index (χ0n) is 19.9. The van der Waals surface area contributed by atoms with E-state index < -0.39 is 10.8 Å². The number of nitro groups is 1. The van der Waals surface area contributed by atoms with Gasteiger partial charge in [-0.05, 0) is 49.7 Å². The van der Waals surface area contributed by atoms with E-state index in [1.807, 2.05) is 42.5 Å². The van der Waals surface area contributed by atoms with Crippen LogP contribution in [0.15, 0.2) is 77.8 Å². The lowest BCUT2D eigenvalue weighted by atomic mass is 10.0. The van der Waals surface area contributed by atoms with E-state index in [1.54, 1.807) is 6.07 Å². The average molecular weight is 483 g/mol. The van der Waals surface area contributed by atoms with E-state index >= 15 is 0 Å². The second kappa shape index (κ2) is 9.75. The van der Waals surface area contributed by atoms with Crippen molar-refractivity contribution in [3.05, 3.63) is 99.6 Å². The van der Waals surface area contributed by atoms with Crippen molar-refractivity contribution in [3.63, 3.8) is 0 Å². The van der Waals surface area contributed by atoms with Gasteiger partial charge >= 0.3 is 0 Å². The highest BCUT2D eigenvalue weighted by molar-refractivity contribution is 6.23. The third-order valence-electron chi connectivity index (χ3n) is 6.52. The van der Waals surface area contributed by atoms with Gasteiger partial charge in [0.25, 0.3) is 5.69 Å². The number of carbonyl (C=O) groups is 1. The molecule has 1 aromatic heterocycles. The first-order chi connectivity index (χ1) is 17.4. The molecule has 0 radical (unpaired) electrons. The van der Waals surface area contributed by atoms with Gasteiger partial charge in [0.15, 0.2) is 0 Å². The molecule has 36 heavy (non-hydrogen) atoms. The number of aliphatic imine (C=N–C) groups is 1. The number of nitro benzene ring substituents is 1. The highest BCUT2D eigenvalue weighted by Crippen LogP contribution is 2.36. The van der Waals surface area contributed by atoms with Gasteiger partial charge in [0.2, 0.25) is 11.8 Å². The lowest BCUT2D eigenvalue weighted by Gasteiger charge is -2.14. The molecule has 0 amide bonds. The van der Waals surface area contributed by atoms with Crippen LogP contribution in [0.1, 0.15) is 41.3 Å². The third-order valence-corrected chi connectivity index (χ3v) is 6.52. The van der Waals surface area contributed by atoms with E-state index in [-0.39, 0.29) is 17.1 Å². The molecule has 0 saturated carbocycles. The first-order valence-electron chi connectivity index (χ1n) is 11.9. The number of hydrogen-bond donors (Lipinski definition) is 1. The molecule has 1 N–H and O–H groups in total. The van der Waals surface area contributed by atoms with E-state index in [2.05, 4.69) is 17.0 Å². The zero-order valence-corrected chi connectivity index (χ0v) is 19.9. The number of aromatic hydroxyl groups is 1. The first kappa shape index (κ1) is 23.4. The van der Waals surface area contributed by atoms with Crippen LogP contribution in [-0.2, 0) is 6.54 Å². The van der Waals surface area contributed by atoms with E-state index in [0.29, 0.717) is 22.3 Å². The molecule has 2 heterocycles. The molecule has 8 heteroatoms. The maximum absolute atomic E-state index is 12.5. The van der Waals surface area contributed by atoms with Crippen molar-refractivity contribution in [1.82, 2.24) is 9.47 Å². The van der Waals surface area contributed by atoms with Crippen molar-refractivity contribution in [2.24, 2.45) is 4.99 Å². The van der Waals surface area contributed by atoms with Crippen molar-refractivity contribution in [2.45, 2.75) is 26.3 Å². The molecule has 0 aliphatic carbocycles. The van der Waals surface area contributed by atoms with Gasteiger partial charge in [-0.25, -0.2) is 9.56 Å². The lowest BCUT2D eigenvalue weighted by Crippen LogP contribution is -2.18. The second-order valence-electron chi connectivity index (χ2n) is 8.99. The van der Waals surface area contributed by atoms with Crippen LogP contribution in [0, 0.1) is 10.1 Å². The summed E-state index contributed by atoms with van der Waals surface area (Å²) >= 11 is 0. The Morgan fingerprint density at radius 1 is 1.03 bits per heavy atom. The van der Waals surface area contributed by atoms with E-state index in [9.17, 15) is 20.0 Å². The number of nitrogens with zero attached hydrogens (tertiary/aromatic N) is 4. The summed E-state index contributed by atoms with van der Waals surface area (Å²) in [5, 5.41) is 23.1. The number of fused-ring (bicyclic) bond motifs is 1. The summed E-state index contributed by atoms with van der Waals surface area (Å²) in [4.78, 5) is 30.6.